The van der Waals surface area contributed by atoms with Gasteiger partial charge >= 0.3 is 18.9 Å². The Morgan fingerprint density at radius 1 is 1.46 bits per heavy atom. The van der Waals surface area contributed by atoms with Gasteiger partial charge in [0.1, 0.15) is 0 Å². The van der Waals surface area contributed by atoms with Crippen LogP contribution in [0.4, 0.5) is 5.69 Å². The summed E-state index contributed by atoms with van der Waals surface area (Å²) < 4.78 is 0. The summed E-state index contributed by atoms with van der Waals surface area (Å²) in [6.45, 7) is 4.23. The van der Waals surface area contributed by atoms with E-state index < -0.39 is 0 Å². The van der Waals surface area contributed by atoms with E-state index in [1.165, 1.54) is 0 Å². The van der Waals surface area contributed by atoms with Crippen molar-refractivity contribution >= 4 is 17.3 Å². The molecule has 0 radical (unpaired) electrons. The van der Waals surface area contributed by atoms with Crippen LogP contribution in [0.1, 0.15) is 0 Å². The molecule has 0 aliphatic carbocycles. The Hall–Kier alpha value is -0.353. The number of para-hydroxylation sites is 1. The summed E-state index contributed by atoms with van der Waals surface area (Å²) in [4.78, 5) is 2.00. The summed E-state index contributed by atoms with van der Waals surface area (Å²) in [7, 11) is 1.96. The Labute approximate surface area is 96.6 Å². The summed E-state index contributed by atoms with van der Waals surface area (Å²) in [5.74, 6) is 0. The van der Waals surface area contributed by atoms with Gasteiger partial charge in [0.05, 0.1) is 10.7 Å². The Morgan fingerprint density at radius 3 is 2.62 bits per heavy atom. The first-order valence-electron chi connectivity index (χ1n) is 3.71. The van der Waals surface area contributed by atoms with Crippen molar-refractivity contribution in [3.05, 3.63) is 41.9 Å². The van der Waals surface area contributed by atoms with Gasteiger partial charge in [-0.05, 0) is 12.1 Å². The number of hydrogen-bond acceptors (Lipinski definition) is 1. The van der Waals surface area contributed by atoms with Gasteiger partial charge in [-0.15, -0.1) is 6.54 Å². The van der Waals surface area contributed by atoms with Crippen LogP contribution in [0.3, 0.4) is 0 Å². The van der Waals surface area contributed by atoms with E-state index in [4.69, 9.17) is 11.6 Å². The van der Waals surface area contributed by atoms with Gasteiger partial charge in [0.2, 0.25) is 0 Å². The zero-order valence-electron chi connectivity index (χ0n) is 8.05. The molecule has 0 aromatic heterocycles. The molecule has 0 atom stereocenters. The molecule has 1 nitrogen and oxygen atoms in total. The summed E-state index contributed by atoms with van der Waals surface area (Å²) in [5.41, 5.74) is 1.01. The van der Waals surface area contributed by atoms with Gasteiger partial charge < -0.3 is 11.0 Å². The van der Waals surface area contributed by atoms with E-state index >= 15 is 0 Å². The maximum Gasteiger partial charge on any atom is 1.00 e. The van der Waals surface area contributed by atoms with Crippen molar-refractivity contribution in [1.29, 1.82) is 0 Å². The molecular formula is C10H11ClLiN. The fourth-order valence-electron chi connectivity index (χ4n) is 1.01. The molecule has 0 heterocycles. The maximum atomic E-state index is 5.96. The van der Waals surface area contributed by atoms with Crippen molar-refractivity contribution in [2.45, 2.75) is 0 Å². The van der Waals surface area contributed by atoms with Crippen LogP contribution >= 0.6 is 11.6 Å². The van der Waals surface area contributed by atoms with Crippen LogP contribution in [-0.4, -0.2) is 13.6 Å². The molecule has 0 aliphatic heterocycles. The first kappa shape index (κ1) is 12.6. The molecular weight excluding hydrogens is 177 g/mol. The van der Waals surface area contributed by atoms with E-state index in [0.717, 1.165) is 10.7 Å². The molecule has 1 aromatic rings. The van der Waals surface area contributed by atoms with E-state index in [2.05, 4.69) is 12.7 Å². The fourth-order valence-corrected chi connectivity index (χ4v) is 1.29. The van der Waals surface area contributed by atoms with Crippen molar-refractivity contribution in [3.8, 4) is 0 Å². The normalized spacial score (nSPS) is 8.77. The molecule has 64 valence electrons. The largest absolute Gasteiger partial charge is 1.00 e. The molecule has 0 spiro atoms. The van der Waals surface area contributed by atoms with Gasteiger partial charge in [0, 0.05) is 7.05 Å². The minimum absolute atomic E-state index is 0. The number of rotatable bonds is 3. The molecule has 1 aromatic carbocycles. The molecule has 3 heteroatoms. The monoisotopic (exact) mass is 187 g/mol. The Balaban J connectivity index is 0.00000144. The number of benzene rings is 1. The predicted molar refractivity (Wildman–Crippen MR) is 53.6 cm³/mol. The van der Waals surface area contributed by atoms with Crippen LogP contribution in [0.25, 0.3) is 0 Å². The third kappa shape index (κ3) is 3.48. The topological polar surface area (TPSA) is 3.24 Å². The molecule has 0 saturated carbocycles. The minimum Gasteiger partial charge on any atom is -0.484 e. The van der Waals surface area contributed by atoms with E-state index in [-0.39, 0.29) is 18.9 Å². The number of likely N-dealkylation sites (N-methyl/N-ethyl adjacent to an activating group) is 1. The third-order valence-electron chi connectivity index (χ3n) is 1.61. The molecule has 0 N–H and O–H groups in total. The van der Waals surface area contributed by atoms with Crippen molar-refractivity contribution in [2.24, 2.45) is 0 Å². The summed E-state index contributed by atoms with van der Waals surface area (Å²) in [6, 6.07) is 7.72. The van der Waals surface area contributed by atoms with Gasteiger partial charge in [-0.1, -0.05) is 23.7 Å². The van der Waals surface area contributed by atoms with Gasteiger partial charge in [-0.3, -0.25) is 6.58 Å². The SMILES string of the molecule is C=[C-]CN(C)c1ccccc1Cl.[Li+]. The number of anilines is 1. The molecule has 0 fully saturated rings. The second kappa shape index (κ2) is 6.15. The van der Waals surface area contributed by atoms with Crippen LogP contribution in [0, 0.1) is 6.08 Å². The fraction of sp³-hybridized carbons (Fsp3) is 0.200. The average Bonchev–Trinajstić information content (AvgIpc) is 2.05. The number of hydrogen-bond donors (Lipinski definition) is 0. The second-order valence-electron chi connectivity index (χ2n) is 2.56. The van der Waals surface area contributed by atoms with Crippen LogP contribution in [0.15, 0.2) is 30.8 Å². The van der Waals surface area contributed by atoms with Gasteiger partial charge in [-0.2, -0.15) is 0 Å². The van der Waals surface area contributed by atoms with Crippen molar-refractivity contribution < 1.29 is 18.9 Å². The van der Waals surface area contributed by atoms with Crippen LogP contribution in [-0.2, 0) is 0 Å². The molecule has 1 rings (SSSR count). The first-order valence-corrected chi connectivity index (χ1v) is 4.09. The molecule has 0 saturated heterocycles. The van der Waals surface area contributed by atoms with Gasteiger partial charge in [0.15, 0.2) is 0 Å². The summed E-state index contributed by atoms with van der Waals surface area (Å²) in [5, 5.41) is 0.759. The van der Waals surface area contributed by atoms with Gasteiger partial charge in [0.25, 0.3) is 0 Å². The molecule has 0 amide bonds. The smallest absolute Gasteiger partial charge is 0.484 e. The first-order chi connectivity index (χ1) is 5.75. The summed E-state index contributed by atoms with van der Waals surface area (Å²) >= 11 is 5.96. The molecule has 0 unspecified atom stereocenters. The van der Waals surface area contributed by atoms with Crippen LogP contribution in [0.5, 0.6) is 0 Å². The third-order valence-corrected chi connectivity index (χ3v) is 1.93. The number of halogens is 1. The zero-order chi connectivity index (χ0) is 8.97. The Kier molecular flexibility index (Phi) is 5.99. The Bertz CT molecular complexity index is 275. The molecule has 13 heavy (non-hydrogen) atoms. The van der Waals surface area contributed by atoms with Crippen molar-refractivity contribution in [3.63, 3.8) is 0 Å². The maximum absolute atomic E-state index is 5.96. The van der Waals surface area contributed by atoms with E-state index in [1.807, 2.05) is 36.2 Å². The van der Waals surface area contributed by atoms with E-state index in [9.17, 15) is 0 Å². The second-order valence-corrected chi connectivity index (χ2v) is 2.96. The quantitative estimate of drug-likeness (QED) is 0.467. The summed E-state index contributed by atoms with van der Waals surface area (Å²) in [6.07, 6.45) is 2.81. The van der Waals surface area contributed by atoms with Crippen molar-refractivity contribution in [2.75, 3.05) is 18.5 Å². The molecule has 0 aliphatic rings. The van der Waals surface area contributed by atoms with E-state index in [1.54, 1.807) is 0 Å². The van der Waals surface area contributed by atoms with Crippen LogP contribution in [0.2, 0.25) is 5.02 Å². The average molecular weight is 188 g/mol. The zero-order valence-corrected chi connectivity index (χ0v) is 8.80. The van der Waals surface area contributed by atoms with Crippen molar-refractivity contribution in [1.82, 2.24) is 0 Å². The standard InChI is InChI=1S/C10H11ClN.Li/c1-3-8-12(2)10-7-5-4-6-9(10)11;/h4-7H,1,8H2,2H3;/q-1;+1. The Morgan fingerprint density at radius 2 is 2.08 bits per heavy atom. The van der Waals surface area contributed by atoms with Gasteiger partial charge in [-0.25, -0.2) is 0 Å². The minimum atomic E-state index is 0. The van der Waals surface area contributed by atoms with Crippen LogP contribution < -0.4 is 23.8 Å². The predicted octanol–water partition coefficient (Wildman–Crippen LogP) is -0.231. The van der Waals surface area contributed by atoms with E-state index in [0.29, 0.717) is 6.54 Å². The number of nitrogens with zero attached hydrogens (tertiary/aromatic N) is 1. The molecule has 0 bridgehead atoms.